The van der Waals surface area contributed by atoms with Crippen molar-refractivity contribution in [3.63, 3.8) is 0 Å². The predicted molar refractivity (Wildman–Crippen MR) is 153 cm³/mol. The molecular weight excluding hydrogens is 724 g/mol. The van der Waals surface area contributed by atoms with Crippen LogP contribution in [0.5, 0.6) is 11.5 Å². The Bertz CT molecular complexity index is 1320. The number of carbonyl (C=O) groups is 1. The topological polar surface area (TPSA) is 57.1 Å². The van der Waals surface area contributed by atoms with Crippen LogP contribution in [0.4, 0.5) is 0 Å². The molecule has 0 atom stereocenters. The standard InChI is InChI=1S/C26H20BrI2NO4/c1-3-32-23-13-16(11-19(27)24(23)33-14-18-6-4-5-7-21(18)29)12-22-26(31)34-25(30-22)17-8-9-20(28)15(2)10-17/h4-13H,3,14H2,1-2H3/b22-12-. The maximum absolute atomic E-state index is 12.5. The molecule has 0 amide bonds. The molecule has 4 rings (SSSR count). The summed E-state index contributed by atoms with van der Waals surface area (Å²) < 4.78 is 20.4. The molecule has 0 N–H and O–H groups in total. The van der Waals surface area contributed by atoms with E-state index in [1.807, 2.05) is 68.4 Å². The highest BCUT2D eigenvalue weighted by atomic mass is 127. The molecule has 3 aromatic carbocycles. The third kappa shape index (κ3) is 5.83. The van der Waals surface area contributed by atoms with Crippen LogP contribution in [0, 0.1) is 14.1 Å². The number of halogens is 3. The van der Waals surface area contributed by atoms with E-state index in [9.17, 15) is 4.79 Å². The van der Waals surface area contributed by atoms with Gasteiger partial charge < -0.3 is 14.2 Å². The maximum atomic E-state index is 12.5. The molecule has 34 heavy (non-hydrogen) atoms. The Hall–Kier alpha value is -1.92. The van der Waals surface area contributed by atoms with E-state index >= 15 is 0 Å². The van der Waals surface area contributed by atoms with Crippen molar-refractivity contribution in [3.05, 3.63) is 94.2 Å². The van der Waals surface area contributed by atoms with E-state index < -0.39 is 5.97 Å². The number of aliphatic imine (C=N–C) groups is 1. The summed E-state index contributed by atoms with van der Waals surface area (Å²) in [6.07, 6.45) is 1.69. The first-order valence-electron chi connectivity index (χ1n) is 10.5. The molecule has 0 unspecified atom stereocenters. The Morgan fingerprint density at radius 3 is 2.59 bits per heavy atom. The van der Waals surface area contributed by atoms with E-state index in [1.54, 1.807) is 6.08 Å². The summed E-state index contributed by atoms with van der Waals surface area (Å²) in [4.78, 5) is 16.9. The number of hydrogen-bond donors (Lipinski definition) is 0. The molecule has 0 saturated heterocycles. The van der Waals surface area contributed by atoms with Crippen LogP contribution in [0.25, 0.3) is 6.08 Å². The molecular formula is C26H20BrI2NO4. The van der Waals surface area contributed by atoms with Crippen molar-refractivity contribution >= 4 is 79.1 Å². The summed E-state index contributed by atoms with van der Waals surface area (Å²) in [5, 5.41) is 0. The van der Waals surface area contributed by atoms with Gasteiger partial charge in [-0.1, -0.05) is 18.2 Å². The van der Waals surface area contributed by atoms with Gasteiger partial charge in [-0.15, -0.1) is 0 Å². The van der Waals surface area contributed by atoms with Gasteiger partial charge in [0, 0.05) is 18.3 Å². The predicted octanol–water partition coefficient (Wildman–Crippen LogP) is 7.29. The summed E-state index contributed by atoms with van der Waals surface area (Å²) in [7, 11) is 0. The second-order valence-corrected chi connectivity index (χ2v) is 10.6. The summed E-state index contributed by atoms with van der Waals surface area (Å²) in [5.41, 5.74) is 3.93. The van der Waals surface area contributed by atoms with Crippen LogP contribution in [0.2, 0.25) is 0 Å². The fourth-order valence-electron chi connectivity index (χ4n) is 3.31. The molecule has 1 aliphatic rings. The molecule has 0 aliphatic carbocycles. The number of carbonyl (C=O) groups excluding carboxylic acids is 1. The Labute approximate surface area is 234 Å². The lowest BCUT2D eigenvalue weighted by Gasteiger charge is -2.15. The third-order valence-electron chi connectivity index (χ3n) is 4.99. The zero-order valence-corrected chi connectivity index (χ0v) is 24.3. The number of aryl methyl sites for hydroxylation is 1. The first kappa shape index (κ1) is 25.2. The summed E-state index contributed by atoms with van der Waals surface area (Å²) >= 11 is 8.16. The van der Waals surface area contributed by atoms with Gasteiger partial charge in [0.1, 0.15) is 6.61 Å². The smallest absolute Gasteiger partial charge is 0.363 e. The molecule has 1 aliphatic heterocycles. The fraction of sp³-hybridized carbons (Fsp3) is 0.154. The van der Waals surface area contributed by atoms with Crippen LogP contribution >= 0.6 is 61.1 Å². The van der Waals surface area contributed by atoms with Gasteiger partial charge in [0.25, 0.3) is 0 Å². The normalized spacial score (nSPS) is 14.2. The minimum Gasteiger partial charge on any atom is -0.490 e. The highest BCUT2D eigenvalue weighted by Gasteiger charge is 2.25. The zero-order chi connectivity index (χ0) is 24.2. The lowest BCUT2D eigenvalue weighted by molar-refractivity contribution is -0.129. The Morgan fingerprint density at radius 1 is 1.06 bits per heavy atom. The monoisotopic (exact) mass is 743 g/mol. The number of cyclic esters (lactones) is 1. The average molecular weight is 744 g/mol. The van der Waals surface area contributed by atoms with E-state index in [4.69, 9.17) is 14.2 Å². The van der Waals surface area contributed by atoms with E-state index in [0.29, 0.717) is 30.6 Å². The molecule has 0 fully saturated rings. The molecule has 0 bridgehead atoms. The van der Waals surface area contributed by atoms with Crippen LogP contribution < -0.4 is 9.47 Å². The van der Waals surface area contributed by atoms with E-state index in [-0.39, 0.29) is 5.70 Å². The van der Waals surface area contributed by atoms with E-state index in [0.717, 1.165) is 33.9 Å². The average Bonchev–Trinajstić information content (AvgIpc) is 3.16. The van der Waals surface area contributed by atoms with Crippen molar-refractivity contribution in [3.8, 4) is 11.5 Å². The summed E-state index contributed by atoms with van der Waals surface area (Å²) in [6, 6.07) is 17.6. The van der Waals surface area contributed by atoms with Crippen LogP contribution in [-0.2, 0) is 16.1 Å². The van der Waals surface area contributed by atoms with Crippen LogP contribution in [0.1, 0.15) is 29.2 Å². The second-order valence-electron chi connectivity index (χ2n) is 7.44. The van der Waals surface area contributed by atoms with Crippen molar-refractivity contribution in [2.45, 2.75) is 20.5 Å². The fourth-order valence-corrected chi connectivity index (χ4v) is 4.76. The van der Waals surface area contributed by atoms with Gasteiger partial charge >= 0.3 is 5.97 Å². The number of rotatable bonds is 7. The third-order valence-corrected chi connectivity index (χ3v) is 7.84. The van der Waals surface area contributed by atoms with Crippen molar-refractivity contribution in [2.75, 3.05) is 6.61 Å². The zero-order valence-electron chi connectivity index (χ0n) is 18.4. The lowest BCUT2D eigenvalue weighted by Crippen LogP contribution is -2.05. The highest BCUT2D eigenvalue weighted by Crippen LogP contribution is 2.38. The Balaban J connectivity index is 1.62. The molecule has 0 aromatic heterocycles. The maximum Gasteiger partial charge on any atom is 0.363 e. The van der Waals surface area contributed by atoms with Crippen molar-refractivity contribution in [1.29, 1.82) is 0 Å². The van der Waals surface area contributed by atoms with Gasteiger partial charge in [-0.2, -0.15) is 0 Å². The largest absolute Gasteiger partial charge is 0.490 e. The van der Waals surface area contributed by atoms with E-state index in [2.05, 4.69) is 66.1 Å². The van der Waals surface area contributed by atoms with Gasteiger partial charge in [-0.25, -0.2) is 9.79 Å². The first-order chi connectivity index (χ1) is 16.4. The Morgan fingerprint density at radius 2 is 1.85 bits per heavy atom. The molecule has 0 saturated carbocycles. The number of esters is 1. The van der Waals surface area contributed by atoms with Crippen LogP contribution in [0.15, 0.2) is 69.8 Å². The van der Waals surface area contributed by atoms with Crippen LogP contribution in [0.3, 0.4) is 0 Å². The lowest BCUT2D eigenvalue weighted by atomic mass is 10.1. The van der Waals surface area contributed by atoms with Gasteiger partial charge in [-0.05, 0) is 129 Å². The molecule has 0 spiro atoms. The van der Waals surface area contributed by atoms with Crippen molar-refractivity contribution < 1.29 is 19.0 Å². The molecule has 174 valence electrons. The Kier molecular flexibility index (Phi) is 8.30. The molecule has 1 heterocycles. The second kappa shape index (κ2) is 11.2. The first-order valence-corrected chi connectivity index (χ1v) is 13.4. The van der Waals surface area contributed by atoms with Gasteiger partial charge in [0.2, 0.25) is 5.90 Å². The SMILES string of the molecule is CCOc1cc(/C=C2\N=C(c3ccc(I)c(C)c3)OC2=O)cc(Br)c1OCc1ccccc1I. The number of benzene rings is 3. The minimum atomic E-state index is -0.487. The number of nitrogens with zero attached hydrogens (tertiary/aromatic N) is 1. The summed E-state index contributed by atoms with van der Waals surface area (Å²) in [5.74, 6) is 1.01. The minimum absolute atomic E-state index is 0.230. The molecule has 5 nitrogen and oxygen atoms in total. The number of ether oxygens (including phenoxy) is 3. The molecule has 3 aromatic rings. The summed E-state index contributed by atoms with van der Waals surface area (Å²) in [6.45, 7) is 4.81. The van der Waals surface area contributed by atoms with Crippen molar-refractivity contribution in [1.82, 2.24) is 0 Å². The van der Waals surface area contributed by atoms with Gasteiger partial charge in [-0.3, -0.25) is 0 Å². The molecule has 0 radical (unpaired) electrons. The van der Waals surface area contributed by atoms with Crippen molar-refractivity contribution in [2.24, 2.45) is 4.99 Å². The van der Waals surface area contributed by atoms with Gasteiger partial charge in [0.05, 0.1) is 11.1 Å². The quantitative estimate of drug-likeness (QED) is 0.145. The van der Waals surface area contributed by atoms with Crippen LogP contribution in [-0.4, -0.2) is 18.5 Å². The molecule has 8 heteroatoms. The highest BCUT2D eigenvalue weighted by molar-refractivity contribution is 14.1. The van der Waals surface area contributed by atoms with E-state index in [1.165, 1.54) is 0 Å². The number of hydrogen-bond acceptors (Lipinski definition) is 5. The van der Waals surface area contributed by atoms with Gasteiger partial charge in [0.15, 0.2) is 17.2 Å².